The molecule has 7 nitrogen and oxygen atoms in total. The number of primary amides is 1. The molecule has 0 aliphatic carbocycles. The molecule has 0 bridgehead atoms. The fourth-order valence-corrected chi connectivity index (χ4v) is 1.27. The lowest BCUT2D eigenvalue weighted by atomic mass is 10.2. The highest BCUT2D eigenvalue weighted by atomic mass is 16.4. The van der Waals surface area contributed by atoms with Crippen molar-refractivity contribution >= 4 is 23.9 Å². The van der Waals surface area contributed by atoms with Crippen molar-refractivity contribution in [3.05, 3.63) is 36.2 Å². The first-order valence-corrected chi connectivity index (χ1v) is 5.38. The Hall–Kier alpha value is -2.70. The Morgan fingerprint density at radius 2 is 2.21 bits per heavy atom. The van der Waals surface area contributed by atoms with E-state index in [1.54, 1.807) is 24.5 Å². The maximum absolute atomic E-state index is 11.5. The van der Waals surface area contributed by atoms with E-state index in [0.29, 0.717) is 5.56 Å². The molecule has 0 aromatic carbocycles. The molecule has 100 valence electrons. The molecule has 19 heavy (non-hydrogen) atoms. The maximum Gasteiger partial charge on any atom is 0.326 e. The van der Waals surface area contributed by atoms with E-state index >= 15 is 0 Å². The van der Waals surface area contributed by atoms with E-state index < -0.39 is 30.2 Å². The molecular formula is C12H13N3O4. The second-order valence-corrected chi connectivity index (χ2v) is 3.69. The zero-order chi connectivity index (χ0) is 14.3. The number of carboxylic acids is 1. The van der Waals surface area contributed by atoms with Crippen LogP contribution in [0.3, 0.4) is 0 Å². The molecule has 0 saturated heterocycles. The summed E-state index contributed by atoms with van der Waals surface area (Å²) in [5.41, 5.74) is 5.59. The van der Waals surface area contributed by atoms with Crippen LogP contribution >= 0.6 is 0 Å². The highest BCUT2D eigenvalue weighted by Gasteiger charge is 2.20. The van der Waals surface area contributed by atoms with E-state index in [1.165, 1.54) is 6.08 Å². The average molecular weight is 263 g/mol. The number of nitrogens with two attached hydrogens (primary N) is 1. The van der Waals surface area contributed by atoms with Gasteiger partial charge in [0.15, 0.2) is 0 Å². The molecule has 0 aliphatic rings. The number of carboxylic acid groups (broad SMARTS) is 1. The minimum absolute atomic E-state index is 0.457. The van der Waals surface area contributed by atoms with Gasteiger partial charge < -0.3 is 16.2 Å². The fraction of sp³-hybridized carbons (Fsp3) is 0.167. The number of nitrogens with zero attached hydrogens (tertiary/aromatic N) is 1. The van der Waals surface area contributed by atoms with E-state index in [1.807, 2.05) is 0 Å². The van der Waals surface area contributed by atoms with Crippen LogP contribution < -0.4 is 11.1 Å². The van der Waals surface area contributed by atoms with Crippen molar-refractivity contribution in [2.24, 2.45) is 5.73 Å². The zero-order valence-corrected chi connectivity index (χ0v) is 9.95. The van der Waals surface area contributed by atoms with Gasteiger partial charge in [-0.1, -0.05) is 6.07 Å². The number of rotatable bonds is 6. The number of amides is 2. The van der Waals surface area contributed by atoms with Crippen molar-refractivity contribution in [2.45, 2.75) is 12.5 Å². The standard InChI is InChI=1S/C12H13N3O4/c13-10(16)6-9(12(18)19)15-11(17)4-3-8-2-1-5-14-7-8/h1-5,7,9H,6H2,(H2,13,16)(H,15,17)(H,18,19)/b4-3+. The van der Waals surface area contributed by atoms with Crippen LogP contribution in [0.25, 0.3) is 6.08 Å². The Bertz CT molecular complexity index is 499. The molecule has 1 rings (SSSR count). The molecule has 1 aromatic rings. The average Bonchev–Trinajstić information content (AvgIpc) is 2.36. The quantitative estimate of drug-likeness (QED) is 0.599. The van der Waals surface area contributed by atoms with Crippen molar-refractivity contribution < 1.29 is 19.5 Å². The van der Waals surface area contributed by atoms with Gasteiger partial charge in [-0.2, -0.15) is 0 Å². The Morgan fingerprint density at radius 1 is 1.47 bits per heavy atom. The molecule has 1 aromatic heterocycles. The largest absolute Gasteiger partial charge is 0.480 e. The van der Waals surface area contributed by atoms with Crippen LogP contribution in [0.5, 0.6) is 0 Å². The minimum atomic E-state index is -1.33. The van der Waals surface area contributed by atoms with Crippen molar-refractivity contribution in [1.29, 1.82) is 0 Å². The van der Waals surface area contributed by atoms with E-state index in [9.17, 15) is 14.4 Å². The number of aromatic nitrogens is 1. The normalized spacial score (nSPS) is 12.0. The lowest BCUT2D eigenvalue weighted by Crippen LogP contribution is -2.42. The molecule has 0 fully saturated rings. The maximum atomic E-state index is 11.5. The lowest BCUT2D eigenvalue weighted by molar-refractivity contribution is -0.142. The van der Waals surface area contributed by atoms with Crippen molar-refractivity contribution in [3.63, 3.8) is 0 Å². The molecule has 0 spiro atoms. The van der Waals surface area contributed by atoms with E-state index in [-0.39, 0.29) is 0 Å². The number of aliphatic carboxylic acids is 1. The molecule has 1 heterocycles. The van der Waals surface area contributed by atoms with Gasteiger partial charge in [-0.3, -0.25) is 14.6 Å². The lowest BCUT2D eigenvalue weighted by Gasteiger charge is -2.10. The van der Waals surface area contributed by atoms with Crippen LogP contribution in [0.1, 0.15) is 12.0 Å². The van der Waals surface area contributed by atoms with Gasteiger partial charge in [-0.15, -0.1) is 0 Å². The first-order chi connectivity index (χ1) is 8.99. The molecule has 0 radical (unpaired) electrons. The van der Waals surface area contributed by atoms with Gasteiger partial charge in [0.1, 0.15) is 6.04 Å². The molecule has 1 atom stereocenters. The van der Waals surface area contributed by atoms with Gasteiger partial charge in [-0.05, 0) is 17.7 Å². The molecule has 1 unspecified atom stereocenters. The smallest absolute Gasteiger partial charge is 0.326 e. The number of hydrogen-bond acceptors (Lipinski definition) is 4. The molecule has 2 amide bonds. The predicted molar refractivity (Wildman–Crippen MR) is 66.6 cm³/mol. The SMILES string of the molecule is NC(=O)CC(NC(=O)/C=C/c1cccnc1)C(=O)O. The summed E-state index contributed by atoms with van der Waals surface area (Å²) in [6, 6.07) is 2.10. The summed E-state index contributed by atoms with van der Waals surface area (Å²) < 4.78 is 0. The van der Waals surface area contributed by atoms with Gasteiger partial charge >= 0.3 is 5.97 Å². The summed E-state index contributed by atoms with van der Waals surface area (Å²) in [5.74, 6) is -2.75. The van der Waals surface area contributed by atoms with Gasteiger partial charge in [0, 0.05) is 18.5 Å². The van der Waals surface area contributed by atoms with Gasteiger partial charge in [0.2, 0.25) is 11.8 Å². The number of carbonyl (C=O) groups excluding carboxylic acids is 2. The van der Waals surface area contributed by atoms with Crippen molar-refractivity contribution in [2.75, 3.05) is 0 Å². The summed E-state index contributed by atoms with van der Waals surface area (Å²) in [4.78, 5) is 36.8. The van der Waals surface area contributed by atoms with Gasteiger partial charge in [0.25, 0.3) is 0 Å². The van der Waals surface area contributed by atoms with Crippen molar-refractivity contribution in [3.8, 4) is 0 Å². The fourth-order valence-electron chi connectivity index (χ4n) is 1.27. The molecular weight excluding hydrogens is 250 g/mol. The Kier molecular flexibility index (Phi) is 5.21. The molecule has 4 N–H and O–H groups in total. The number of nitrogens with one attached hydrogen (secondary N) is 1. The van der Waals surface area contributed by atoms with E-state index in [0.717, 1.165) is 6.08 Å². The second-order valence-electron chi connectivity index (χ2n) is 3.69. The van der Waals surface area contributed by atoms with Crippen LogP contribution in [0.15, 0.2) is 30.6 Å². The van der Waals surface area contributed by atoms with Gasteiger partial charge in [0.05, 0.1) is 6.42 Å². The molecule has 0 saturated carbocycles. The van der Waals surface area contributed by atoms with Crippen LogP contribution in [0.4, 0.5) is 0 Å². The monoisotopic (exact) mass is 263 g/mol. The summed E-state index contributed by atoms with van der Waals surface area (Å²) >= 11 is 0. The van der Waals surface area contributed by atoms with Crippen LogP contribution in [0, 0.1) is 0 Å². The third-order valence-electron chi connectivity index (χ3n) is 2.13. The Morgan fingerprint density at radius 3 is 2.74 bits per heavy atom. The van der Waals surface area contributed by atoms with Crippen LogP contribution in [0.2, 0.25) is 0 Å². The molecule has 0 aliphatic heterocycles. The van der Waals surface area contributed by atoms with Crippen LogP contribution in [-0.4, -0.2) is 33.9 Å². The number of carbonyl (C=O) groups is 3. The zero-order valence-electron chi connectivity index (χ0n) is 9.95. The number of pyridine rings is 1. The summed E-state index contributed by atoms with van der Waals surface area (Å²) in [5, 5.41) is 11.0. The summed E-state index contributed by atoms with van der Waals surface area (Å²) in [6.45, 7) is 0. The van der Waals surface area contributed by atoms with Gasteiger partial charge in [-0.25, -0.2) is 4.79 Å². The first-order valence-electron chi connectivity index (χ1n) is 5.38. The minimum Gasteiger partial charge on any atom is -0.480 e. The predicted octanol–water partition coefficient (Wildman–Crippen LogP) is -0.460. The molecule has 7 heteroatoms. The Labute approximate surface area is 109 Å². The third-order valence-corrected chi connectivity index (χ3v) is 2.13. The topological polar surface area (TPSA) is 122 Å². The summed E-state index contributed by atoms with van der Waals surface area (Å²) in [6.07, 6.45) is 5.31. The van der Waals surface area contributed by atoms with Crippen LogP contribution in [-0.2, 0) is 14.4 Å². The Balaban J connectivity index is 2.60. The second kappa shape index (κ2) is 6.90. The highest BCUT2D eigenvalue weighted by molar-refractivity contribution is 5.95. The van der Waals surface area contributed by atoms with Crippen molar-refractivity contribution in [1.82, 2.24) is 10.3 Å². The highest BCUT2D eigenvalue weighted by Crippen LogP contribution is 1.99. The van der Waals surface area contributed by atoms with E-state index in [2.05, 4.69) is 10.3 Å². The van der Waals surface area contributed by atoms with E-state index in [4.69, 9.17) is 10.8 Å². The first kappa shape index (κ1) is 14.4. The number of hydrogen-bond donors (Lipinski definition) is 3. The third kappa shape index (κ3) is 5.44. The summed E-state index contributed by atoms with van der Waals surface area (Å²) in [7, 11) is 0.